The van der Waals surface area contributed by atoms with Crippen LogP contribution in [0.4, 0.5) is 5.82 Å². The summed E-state index contributed by atoms with van der Waals surface area (Å²) in [5.41, 5.74) is 1.82. The van der Waals surface area contributed by atoms with Gasteiger partial charge in [-0.3, -0.25) is 9.79 Å². The molecule has 1 fully saturated rings. The first-order valence-electron chi connectivity index (χ1n) is 10.7. The number of carbonyl (C=O) groups excluding carboxylic acids is 1. The van der Waals surface area contributed by atoms with Gasteiger partial charge in [0.25, 0.3) is 5.91 Å². The van der Waals surface area contributed by atoms with E-state index in [1.54, 1.807) is 0 Å². The van der Waals surface area contributed by atoms with Crippen molar-refractivity contribution in [2.45, 2.75) is 26.3 Å². The van der Waals surface area contributed by atoms with E-state index >= 15 is 0 Å². The second kappa shape index (κ2) is 13.1. The molecule has 1 amide bonds. The van der Waals surface area contributed by atoms with Crippen LogP contribution in [0.3, 0.4) is 0 Å². The number of benzene rings is 1. The first kappa shape index (κ1) is 24.9. The average Bonchev–Trinajstić information content (AvgIpc) is 2.81. The molecule has 8 heteroatoms. The monoisotopic (exact) mass is 536 g/mol. The first-order valence-corrected chi connectivity index (χ1v) is 10.7. The second-order valence-electron chi connectivity index (χ2n) is 7.37. The molecule has 0 radical (unpaired) electrons. The molecule has 0 spiro atoms. The van der Waals surface area contributed by atoms with E-state index < -0.39 is 0 Å². The van der Waals surface area contributed by atoms with Crippen LogP contribution in [0.15, 0.2) is 53.7 Å². The molecule has 3 rings (SSSR count). The number of halogens is 1. The summed E-state index contributed by atoms with van der Waals surface area (Å²) in [5.74, 6) is 1.92. The molecular formula is C23H33IN6O. The lowest BCUT2D eigenvalue weighted by molar-refractivity contribution is 0.0953. The Bertz CT molecular complexity index is 820. The fourth-order valence-corrected chi connectivity index (χ4v) is 3.46. The van der Waals surface area contributed by atoms with Crippen molar-refractivity contribution in [2.75, 3.05) is 44.7 Å². The number of carbonyl (C=O) groups is 1. The number of hydrogen-bond donors (Lipinski definition) is 2. The normalized spacial score (nSPS) is 14.1. The van der Waals surface area contributed by atoms with Crippen LogP contribution in [0.25, 0.3) is 0 Å². The number of piperazine rings is 1. The van der Waals surface area contributed by atoms with Crippen molar-refractivity contribution in [3.63, 3.8) is 0 Å². The van der Waals surface area contributed by atoms with Gasteiger partial charge in [-0.1, -0.05) is 31.5 Å². The molecule has 0 bridgehead atoms. The molecule has 7 nitrogen and oxygen atoms in total. The Morgan fingerprint density at radius 3 is 2.42 bits per heavy atom. The largest absolute Gasteiger partial charge is 0.353 e. The van der Waals surface area contributed by atoms with Crippen LogP contribution in [-0.2, 0) is 6.54 Å². The van der Waals surface area contributed by atoms with E-state index in [2.05, 4.69) is 43.4 Å². The molecule has 1 aromatic carbocycles. The summed E-state index contributed by atoms with van der Waals surface area (Å²) in [6.45, 7) is 7.13. The number of pyridine rings is 1. The van der Waals surface area contributed by atoms with Gasteiger partial charge in [-0.2, -0.15) is 0 Å². The van der Waals surface area contributed by atoms with Crippen LogP contribution in [0.2, 0.25) is 0 Å². The van der Waals surface area contributed by atoms with Crippen molar-refractivity contribution >= 4 is 41.7 Å². The highest BCUT2D eigenvalue weighted by atomic mass is 127. The summed E-state index contributed by atoms with van der Waals surface area (Å²) in [7, 11) is 1.82. The topological polar surface area (TPSA) is 72.9 Å². The molecule has 1 saturated heterocycles. The lowest BCUT2D eigenvalue weighted by atomic mass is 10.1. The highest BCUT2D eigenvalue weighted by Crippen LogP contribution is 2.13. The average molecular weight is 536 g/mol. The SMILES string of the molecule is CCCCNC(=O)c1ccc(CNC(=NC)N2CCN(c3ccccn3)CC2)cc1.I. The van der Waals surface area contributed by atoms with E-state index in [-0.39, 0.29) is 29.9 Å². The lowest BCUT2D eigenvalue weighted by Crippen LogP contribution is -2.52. The van der Waals surface area contributed by atoms with Crippen LogP contribution >= 0.6 is 24.0 Å². The Labute approximate surface area is 202 Å². The van der Waals surface area contributed by atoms with Gasteiger partial charge in [-0.05, 0) is 36.2 Å². The molecule has 168 valence electrons. The van der Waals surface area contributed by atoms with E-state index in [9.17, 15) is 4.79 Å². The van der Waals surface area contributed by atoms with Gasteiger partial charge in [0.05, 0.1) is 0 Å². The van der Waals surface area contributed by atoms with E-state index in [0.717, 1.165) is 62.9 Å². The summed E-state index contributed by atoms with van der Waals surface area (Å²) < 4.78 is 0. The van der Waals surface area contributed by atoms with Gasteiger partial charge < -0.3 is 20.4 Å². The number of hydrogen-bond acceptors (Lipinski definition) is 4. The Morgan fingerprint density at radius 1 is 1.06 bits per heavy atom. The standard InChI is InChI=1S/C23H32N6O.HI/c1-3-4-12-26-22(30)20-10-8-19(9-11-20)18-27-23(24-2)29-16-14-28(15-17-29)21-7-5-6-13-25-21;/h5-11,13H,3-4,12,14-18H2,1-2H3,(H,24,27)(H,26,30);1H. The molecule has 1 aliphatic rings. The predicted molar refractivity (Wildman–Crippen MR) is 137 cm³/mol. The third kappa shape index (κ3) is 7.37. The Hall–Kier alpha value is -2.36. The number of nitrogens with one attached hydrogen (secondary N) is 2. The molecule has 2 aromatic rings. The number of aromatic nitrogens is 1. The Morgan fingerprint density at radius 2 is 1.81 bits per heavy atom. The summed E-state index contributed by atoms with van der Waals surface area (Å²) >= 11 is 0. The molecule has 0 aliphatic carbocycles. The summed E-state index contributed by atoms with van der Waals surface area (Å²) in [6, 6.07) is 13.8. The molecule has 31 heavy (non-hydrogen) atoms. The van der Waals surface area contributed by atoms with Gasteiger partial charge >= 0.3 is 0 Å². The summed E-state index contributed by atoms with van der Waals surface area (Å²) in [5, 5.41) is 6.39. The number of nitrogens with zero attached hydrogens (tertiary/aromatic N) is 4. The van der Waals surface area contributed by atoms with Crippen LogP contribution in [0.1, 0.15) is 35.7 Å². The number of aliphatic imine (C=N–C) groups is 1. The predicted octanol–water partition coefficient (Wildman–Crippen LogP) is 3.13. The van der Waals surface area contributed by atoms with Crippen molar-refractivity contribution < 1.29 is 4.79 Å². The molecule has 1 aromatic heterocycles. The third-order valence-corrected chi connectivity index (χ3v) is 5.25. The first-order chi connectivity index (χ1) is 14.7. The summed E-state index contributed by atoms with van der Waals surface area (Å²) in [4.78, 5) is 25.6. The smallest absolute Gasteiger partial charge is 0.251 e. The summed E-state index contributed by atoms with van der Waals surface area (Å²) in [6.07, 6.45) is 3.91. The van der Waals surface area contributed by atoms with Crippen molar-refractivity contribution in [1.82, 2.24) is 20.5 Å². The van der Waals surface area contributed by atoms with Crippen molar-refractivity contribution in [2.24, 2.45) is 4.99 Å². The van der Waals surface area contributed by atoms with Gasteiger partial charge in [0, 0.05) is 58.1 Å². The highest BCUT2D eigenvalue weighted by molar-refractivity contribution is 14.0. The minimum atomic E-state index is -0.00968. The van der Waals surface area contributed by atoms with E-state index in [1.165, 1.54) is 0 Å². The second-order valence-corrected chi connectivity index (χ2v) is 7.37. The molecule has 0 unspecified atom stereocenters. The molecule has 2 N–H and O–H groups in total. The number of unbranched alkanes of at least 4 members (excludes halogenated alkanes) is 1. The number of rotatable bonds is 7. The van der Waals surface area contributed by atoms with Crippen molar-refractivity contribution in [1.29, 1.82) is 0 Å². The number of anilines is 1. The van der Waals surface area contributed by atoms with Crippen molar-refractivity contribution in [3.8, 4) is 0 Å². The van der Waals surface area contributed by atoms with Crippen molar-refractivity contribution in [3.05, 3.63) is 59.8 Å². The van der Waals surface area contributed by atoms with E-state index in [1.807, 2.05) is 49.6 Å². The lowest BCUT2D eigenvalue weighted by Gasteiger charge is -2.37. The van der Waals surface area contributed by atoms with Gasteiger partial charge in [-0.15, -0.1) is 24.0 Å². The maximum Gasteiger partial charge on any atom is 0.251 e. The van der Waals surface area contributed by atoms with E-state index in [4.69, 9.17) is 0 Å². The fraction of sp³-hybridized carbons (Fsp3) is 0.435. The van der Waals surface area contributed by atoms with Gasteiger partial charge in [0.2, 0.25) is 0 Å². The highest BCUT2D eigenvalue weighted by Gasteiger charge is 2.20. The third-order valence-electron chi connectivity index (χ3n) is 5.25. The van der Waals surface area contributed by atoms with Crippen LogP contribution < -0.4 is 15.5 Å². The number of amides is 1. The minimum Gasteiger partial charge on any atom is -0.353 e. The van der Waals surface area contributed by atoms with Crippen LogP contribution in [0, 0.1) is 0 Å². The molecular weight excluding hydrogens is 503 g/mol. The Kier molecular flexibility index (Phi) is 10.6. The zero-order chi connectivity index (χ0) is 21.2. The Balaban J connectivity index is 0.00000341. The zero-order valence-corrected chi connectivity index (χ0v) is 20.7. The molecule has 0 atom stereocenters. The minimum absolute atomic E-state index is 0. The van der Waals surface area contributed by atoms with E-state index in [0.29, 0.717) is 12.1 Å². The molecule has 2 heterocycles. The fourth-order valence-electron chi connectivity index (χ4n) is 3.46. The van der Waals surface area contributed by atoms with Gasteiger partial charge in [0.1, 0.15) is 5.82 Å². The number of guanidine groups is 1. The van der Waals surface area contributed by atoms with Crippen LogP contribution in [0.5, 0.6) is 0 Å². The van der Waals surface area contributed by atoms with Gasteiger partial charge in [-0.25, -0.2) is 4.98 Å². The maximum absolute atomic E-state index is 12.1. The van der Waals surface area contributed by atoms with Gasteiger partial charge in [0.15, 0.2) is 5.96 Å². The molecule has 0 saturated carbocycles. The quantitative estimate of drug-likeness (QED) is 0.246. The maximum atomic E-state index is 12.1. The molecule has 1 aliphatic heterocycles. The van der Waals surface area contributed by atoms with Crippen LogP contribution in [-0.4, -0.2) is 61.5 Å². The zero-order valence-electron chi connectivity index (χ0n) is 18.4.